The van der Waals surface area contributed by atoms with Gasteiger partial charge in [-0.2, -0.15) is 0 Å². The Labute approximate surface area is 116 Å². The Bertz CT molecular complexity index is 470. The van der Waals surface area contributed by atoms with Crippen molar-refractivity contribution in [1.29, 1.82) is 0 Å². The predicted molar refractivity (Wildman–Crippen MR) is 81.5 cm³/mol. The van der Waals surface area contributed by atoms with E-state index in [4.69, 9.17) is 9.75 Å². The molecule has 0 N–H and O–H groups in total. The lowest BCUT2D eigenvalue weighted by Gasteiger charge is -2.40. The van der Waals surface area contributed by atoms with Crippen LogP contribution < -0.4 is 0 Å². The van der Waals surface area contributed by atoms with Crippen molar-refractivity contribution < 1.29 is 4.76 Å². The van der Waals surface area contributed by atoms with Crippen molar-refractivity contribution in [2.75, 3.05) is 6.54 Å². The molecule has 1 aliphatic heterocycles. The summed E-state index contributed by atoms with van der Waals surface area (Å²) in [5.74, 6) is 0.405. The maximum absolute atomic E-state index is 5.77. The number of aliphatic imine (C=N–C) groups is 1. The van der Waals surface area contributed by atoms with Gasteiger partial charge in [0.15, 0.2) is 0 Å². The molecule has 0 spiro atoms. The van der Waals surface area contributed by atoms with Gasteiger partial charge in [0, 0.05) is 0 Å². The molecule has 100 valence electrons. The maximum Gasteiger partial charge on any atom is 0.310 e. The van der Waals surface area contributed by atoms with Gasteiger partial charge in [-0.3, -0.25) is 10.1 Å². The van der Waals surface area contributed by atoms with E-state index in [-0.39, 0.29) is 6.04 Å². The van der Waals surface area contributed by atoms with E-state index in [1.807, 2.05) is 30.1 Å². The van der Waals surface area contributed by atoms with E-state index >= 15 is 0 Å². The summed E-state index contributed by atoms with van der Waals surface area (Å²) in [4.78, 5) is 4.71. The molecule has 3 nitrogen and oxygen atoms in total. The van der Waals surface area contributed by atoms with Crippen LogP contribution >= 0.6 is 0 Å². The molecule has 0 saturated carbocycles. The Morgan fingerprint density at radius 1 is 1.37 bits per heavy atom. The molecule has 1 aromatic rings. The SMILES string of the molecule is C=C1CN=C(c2ccccc2)C(C(C)C)N1OBC. The Balaban J connectivity index is 2.38. The highest BCUT2D eigenvalue weighted by Gasteiger charge is 2.32. The quantitative estimate of drug-likeness (QED) is 0.773. The van der Waals surface area contributed by atoms with Crippen LogP contribution in [0, 0.1) is 5.92 Å². The van der Waals surface area contributed by atoms with Gasteiger partial charge in [0.25, 0.3) is 0 Å². The number of hydroxylamine groups is 2. The predicted octanol–water partition coefficient (Wildman–Crippen LogP) is 2.66. The molecule has 0 fully saturated rings. The average molecular weight is 256 g/mol. The Morgan fingerprint density at radius 3 is 2.63 bits per heavy atom. The minimum absolute atomic E-state index is 0.128. The Kier molecular flexibility index (Phi) is 4.43. The first kappa shape index (κ1) is 13.9. The van der Waals surface area contributed by atoms with E-state index in [9.17, 15) is 0 Å². The third-order valence-electron chi connectivity index (χ3n) is 3.25. The number of benzene rings is 1. The van der Waals surface area contributed by atoms with Crippen LogP contribution in [0.1, 0.15) is 19.4 Å². The van der Waals surface area contributed by atoms with E-state index in [1.165, 1.54) is 5.56 Å². The topological polar surface area (TPSA) is 24.8 Å². The van der Waals surface area contributed by atoms with Crippen molar-refractivity contribution in [3.63, 3.8) is 0 Å². The third-order valence-corrected chi connectivity index (χ3v) is 3.25. The first-order chi connectivity index (χ1) is 9.15. The van der Waals surface area contributed by atoms with Crippen molar-refractivity contribution in [3.05, 3.63) is 48.2 Å². The molecule has 0 amide bonds. The van der Waals surface area contributed by atoms with E-state index < -0.39 is 0 Å². The second-order valence-electron chi connectivity index (χ2n) is 5.07. The van der Waals surface area contributed by atoms with Gasteiger partial charge < -0.3 is 4.76 Å². The number of rotatable bonds is 4. The van der Waals surface area contributed by atoms with Crippen LogP contribution in [-0.4, -0.2) is 30.8 Å². The first-order valence-corrected chi connectivity index (χ1v) is 6.84. The van der Waals surface area contributed by atoms with Gasteiger partial charge in [-0.15, -0.1) is 0 Å². The van der Waals surface area contributed by atoms with Crippen LogP contribution in [0.2, 0.25) is 6.82 Å². The molecule has 1 aromatic carbocycles. The van der Waals surface area contributed by atoms with Gasteiger partial charge in [-0.25, -0.2) is 0 Å². The zero-order chi connectivity index (χ0) is 13.8. The molecule has 0 radical (unpaired) electrons. The molecule has 0 bridgehead atoms. The Hall–Kier alpha value is -1.55. The molecular weight excluding hydrogens is 235 g/mol. The summed E-state index contributed by atoms with van der Waals surface area (Å²) < 4.78 is 5.77. The van der Waals surface area contributed by atoms with Gasteiger partial charge in [-0.05, 0) is 11.5 Å². The molecular formula is C15H21BN2O. The van der Waals surface area contributed by atoms with Gasteiger partial charge in [0.2, 0.25) is 0 Å². The molecule has 4 heteroatoms. The lowest BCUT2D eigenvalue weighted by atomic mass is 9.92. The number of hydrogen-bond donors (Lipinski definition) is 0. The molecule has 0 aromatic heterocycles. The minimum atomic E-state index is 0.128. The average Bonchev–Trinajstić information content (AvgIpc) is 2.41. The number of hydrogen-bond acceptors (Lipinski definition) is 3. The normalized spacial score (nSPS) is 19.6. The van der Waals surface area contributed by atoms with E-state index in [1.54, 1.807) is 0 Å². The third kappa shape index (κ3) is 2.90. The molecule has 1 heterocycles. The fraction of sp³-hybridized carbons (Fsp3) is 0.400. The molecule has 2 rings (SSSR count). The first-order valence-electron chi connectivity index (χ1n) is 6.84. The smallest absolute Gasteiger partial charge is 0.310 e. The van der Waals surface area contributed by atoms with Gasteiger partial charge in [0.05, 0.1) is 24.0 Å². The van der Waals surface area contributed by atoms with Gasteiger partial charge in [0.1, 0.15) is 0 Å². The summed E-state index contributed by atoms with van der Waals surface area (Å²) >= 11 is 0. The minimum Gasteiger partial charge on any atom is -0.342 e. The highest BCUT2D eigenvalue weighted by Crippen LogP contribution is 2.25. The summed E-state index contributed by atoms with van der Waals surface area (Å²) in [7, 11) is 0.643. The zero-order valence-corrected chi connectivity index (χ0v) is 12.0. The summed E-state index contributed by atoms with van der Waals surface area (Å²) in [5.41, 5.74) is 3.19. The molecule has 19 heavy (non-hydrogen) atoms. The fourth-order valence-corrected chi connectivity index (χ4v) is 2.42. The van der Waals surface area contributed by atoms with E-state index in [0.717, 1.165) is 11.4 Å². The lowest BCUT2D eigenvalue weighted by molar-refractivity contribution is -0.0535. The summed E-state index contributed by atoms with van der Waals surface area (Å²) in [5, 5.41) is 1.94. The number of nitrogens with zero attached hydrogens (tertiary/aromatic N) is 2. The molecule has 1 aliphatic rings. The maximum atomic E-state index is 5.77. The summed E-state index contributed by atoms with van der Waals surface area (Å²) in [6.07, 6.45) is 0. The molecule has 1 atom stereocenters. The van der Waals surface area contributed by atoms with Crippen LogP contribution in [0.4, 0.5) is 0 Å². The lowest BCUT2D eigenvalue weighted by Crippen LogP contribution is -2.48. The van der Waals surface area contributed by atoms with Crippen LogP contribution in [0.5, 0.6) is 0 Å². The second-order valence-corrected chi connectivity index (χ2v) is 5.07. The molecule has 1 unspecified atom stereocenters. The van der Waals surface area contributed by atoms with Crippen molar-refractivity contribution >= 4 is 13.2 Å². The van der Waals surface area contributed by atoms with Gasteiger partial charge >= 0.3 is 7.48 Å². The van der Waals surface area contributed by atoms with Crippen LogP contribution in [0.3, 0.4) is 0 Å². The van der Waals surface area contributed by atoms with Crippen molar-refractivity contribution in [2.24, 2.45) is 10.9 Å². The Morgan fingerprint density at radius 2 is 2.05 bits per heavy atom. The highest BCUT2D eigenvalue weighted by molar-refractivity contribution is 6.24. The van der Waals surface area contributed by atoms with E-state index in [2.05, 4.69) is 32.6 Å². The highest BCUT2D eigenvalue weighted by atomic mass is 16.6. The monoisotopic (exact) mass is 256 g/mol. The van der Waals surface area contributed by atoms with Crippen molar-refractivity contribution in [3.8, 4) is 0 Å². The fourth-order valence-electron chi connectivity index (χ4n) is 2.42. The summed E-state index contributed by atoms with van der Waals surface area (Å²) in [6.45, 7) is 11.0. The van der Waals surface area contributed by atoms with Crippen molar-refractivity contribution in [2.45, 2.75) is 26.7 Å². The zero-order valence-electron chi connectivity index (χ0n) is 12.0. The van der Waals surface area contributed by atoms with E-state index in [0.29, 0.717) is 19.9 Å². The molecule has 0 saturated heterocycles. The van der Waals surface area contributed by atoms with Crippen LogP contribution in [-0.2, 0) is 4.76 Å². The van der Waals surface area contributed by atoms with Crippen LogP contribution in [0.25, 0.3) is 0 Å². The standard InChI is InChI=1S/C15H21BN2O/c1-11(2)15-14(13-8-6-5-7-9-13)17-10-12(3)18(15)19-16-4/h5-9,11,15-16H,3,10H2,1-2,4H3. The van der Waals surface area contributed by atoms with Crippen LogP contribution in [0.15, 0.2) is 47.6 Å². The summed E-state index contributed by atoms with van der Waals surface area (Å²) in [6, 6.07) is 10.5. The second kappa shape index (κ2) is 6.07. The molecule has 0 aliphatic carbocycles. The largest absolute Gasteiger partial charge is 0.342 e. The van der Waals surface area contributed by atoms with Crippen molar-refractivity contribution in [1.82, 2.24) is 5.06 Å². The van der Waals surface area contributed by atoms with Gasteiger partial charge in [-0.1, -0.05) is 57.6 Å².